The van der Waals surface area contributed by atoms with Crippen LogP contribution in [0.4, 0.5) is 5.69 Å². The van der Waals surface area contributed by atoms with Crippen molar-refractivity contribution in [2.45, 2.75) is 66.5 Å². The number of sulfonamides is 1. The van der Waals surface area contributed by atoms with Crippen LogP contribution >= 0.6 is 11.8 Å². The van der Waals surface area contributed by atoms with Crippen LogP contribution in [0.2, 0.25) is 0 Å². The third kappa shape index (κ3) is 3.59. The van der Waals surface area contributed by atoms with Gasteiger partial charge in [-0.05, 0) is 43.9 Å². The van der Waals surface area contributed by atoms with E-state index in [1.807, 2.05) is 11.0 Å². The lowest BCUT2D eigenvalue weighted by Crippen LogP contribution is -2.39. The standard InChI is InChI=1S/C18H24N2O3S2/c1-12-11-20(18(21)13-6-7-13)16-10-15(8-9-17(16)24-12)25(22,23)19-14-4-2-3-5-14/h8-10,12-14,19H,2-7,11H2,1H3/t12-/m1/s1. The molecule has 0 aromatic heterocycles. The molecule has 25 heavy (non-hydrogen) atoms. The average molecular weight is 381 g/mol. The minimum absolute atomic E-state index is 0.0413. The molecular weight excluding hydrogens is 356 g/mol. The van der Waals surface area contributed by atoms with E-state index in [2.05, 4.69) is 11.6 Å². The molecule has 1 N–H and O–H groups in total. The summed E-state index contributed by atoms with van der Waals surface area (Å²) in [6.07, 6.45) is 5.87. The molecule has 136 valence electrons. The highest BCUT2D eigenvalue weighted by atomic mass is 32.2. The number of carbonyl (C=O) groups excluding carboxylic acids is 1. The summed E-state index contributed by atoms with van der Waals surface area (Å²) in [6.45, 7) is 2.75. The Morgan fingerprint density at radius 1 is 1.20 bits per heavy atom. The van der Waals surface area contributed by atoms with Crippen LogP contribution in [0, 0.1) is 5.92 Å². The van der Waals surface area contributed by atoms with Gasteiger partial charge in [-0.2, -0.15) is 0 Å². The highest BCUT2D eigenvalue weighted by molar-refractivity contribution is 8.00. The van der Waals surface area contributed by atoms with Gasteiger partial charge in [0.05, 0.1) is 10.6 Å². The van der Waals surface area contributed by atoms with Crippen LogP contribution in [0.3, 0.4) is 0 Å². The summed E-state index contributed by atoms with van der Waals surface area (Å²) in [4.78, 5) is 15.7. The first-order chi connectivity index (χ1) is 11.9. The number of thioether (sulfide) groups is 1. The Bertz CT molecular complexity index is 784. The van der Waals surface area contributed by atoms with Crippen molar-refractivity contribution < 1.29 is 13.2 Å². The topological polar surface area (TPSA) is 66.5 Å². The molecule has 1 aromatic carbocycles. The van der Waals surface area contributed by atoms with E-state index in [0.29, 0.717) is 11.8 Å². The van der Waals surface area contributed by atoms with Crippen molar-refractivity contribution in [3.05, 3.63) is 18.2 Å². The summed E-state index contributed by atoms with van der Waals surface area (Å²) in [7, 11) is -3.54. The van der Waals surface area contributed by atoms with Crippen molar-refractivity contribution in [2.75, 3.05) is 11.4 Å². The lowest BCUT2D eigenvalue weighted by atomic mass is 10.2. The van der Waals surface area contributed by atoms with Crippen LogP contribution in [0.1, 0.15) is 45.4 Å². The monoisotopic (exact) mass is 380 g/mol. The third-order valence-corrected chi connectivity index (χ3v) is 7.84. The number of fused-ring (bicyclic) bond motifs is 1. The van der Waals surface area contributed by atoms with Crippen LogP contribution in [-0.4, -0.2) is 32.2 Å². The molecule has 4 rings (SSSR count). The molecular formula is C18H24N2O3S2. The highest BCUT2D eigenvalue weighted by Crippen LogP contribution is 2.42. The van der Waals surface area contributed by atoms with Gasteiger partial charge in [-0.1, -0.05) is 19.8 Å². The molecule has 0 unspecified atom stereocenters. The van der Waals surface area contributed by atoms with Gasteiger partial charge in [-0.3, -0.25) is 4.79 Å². The second kappa shape index (κ2) is 6.59. The molecule has 1 aromatic rings. The van der Waals surface area contributed by atoms with E-state index in [0.717, 1.165) is 49.1 Å². The van der Waals surface area contributed by atoms with Crippen molar-refractivity contribution in [2.24, 2.45) is 5.92 Å². The number of anilines is 1. The van der Waals surface area contributed by atoms with Crippen LogP contribution < -0.4 is 9.62 Å². The first-order valence-corrected chi connectivity index (χ1v) is 11.4. The number of nitrogens with one attached hydrogen (secondary N) is 1. The number of carbonyl (C=O) groups is 1. The van der Waals surface area contributed by atoms with Gasteiger partial charge in [0.25, 0.3) is 0 Å². The zero-order chi connectivity index (χ0) is 17.6. The number of rotatable bonds is 4. The lowest BCUT2D eigenvalue weighted by molar-refractivity contribution is -0.119. The second-order valence-corrected chi connectivity index (χ2v) is 10.6. The van der Waals surface area contributed by atoms with Gasteiger partial charge < -0.3 is 4.90 Å². The Hall–Kier alpha value is -1.05. The summed E-state index contributed by atoms with van der Waals surface area (Å²) in [5.74, 6) is 0.270. The number of nitrogens with zero attached hydrogens (tertiary/aromatic N) is 1. The molecule has 0 spiro atoms. The van der Waals surface area contributed by atoms with E-state index in [9.17, 15) is 13.2 Å². The van der Waals surface area contributed by atoms with Crippen LogP contribution in [0.5, 0.6) is 0 Å². The Morgan fingerprint density at radius 2 is 1.92 bits per heavy atom. The molecule has 1 amide bonds. The Kier molecular flexibility index (Phi) is 4.58. The minimum atomic E-state index is -3.54. The van der Waals surface area contributed by atoms with Gasteiger partial charge in [0, 0.05) is 28.6 Å². The van der Waals surface area contributed by atoms with Gasteiger partial charge >= 0.3 is 0 Å². The molecule has 1 aliphatic heterocycles. The molecule has 2 fully saturated rings. The number of hydrogen-bond donors (Lipinski definition) is 1. The minimum Gasteiger partial charge on any atom is -0.310 e. The summed E-state index contributed by atoms with van der Waals surface area (Å²) in [5.41, 5.74) is 0.759. The van der Waals surface area contributed by atoms with E-state index in [4.69, 9.17) is 0 Å². The molecule has 2 aliphatic carbocycles. The molecule has 2 saturated carbocycles. The van der Waals surface area contributed by atoms with Crippen LogP contribution in [0.25, 0.3) is 0 Å². The highest BCUT2D eigenvalue weighted by Gasteiger charge is 2.37. The normalized spacial score (nSPS) is 24.4. The molecule has 7 heteroatoms. The quantitative estimate of drug-likeness (QED) is 0.871. The van der Waals surface area contributed by atoms with Crippen LogP contribution in [-0.2, 0) is 14.8 Å². The van der Waals surface area contributed by atoms with Gasteiger partial charge in [0.15, 0.2) is 0 Å². The van der Waals surface area contributed by atoms with E-state index in [-0.39, 0.29) is 22.8 Å². The maximum absolute atomic E-state index is 12.7. The maximum Gasteiger partial charge on any atom is 0.240 e. The second-order valence-electron chi connectivity index (χ2n) is 7.38. The molecule has 0 bridgehead atoms. The molecule has 3 aliphatic rings. The van der Waals surface area contributed by atoms with Gasteiger partial charge in [-0.15, -0.1) is 11.8 Å². The zero-order valence-corrected chi connectivity index (χ0v) is 16.0. The summed E-state index contributed by atoms with van der Waals surface area (Å²) in [6, 6.07) is 5.25. The van der Waals surface area contributed by atoms with Crippen molar-refractivity contribution in [1.29, 1.82) is 0 Å². The zero-order valence-electron chi connectivity index (χ0n) is 14.4. The first-order valence-electron chi connectivity index (χ1n) is 9.08. The van der Waals surface area contributed by atoms with Gasteiger partial charge in [0.1, 0.15) is 0 Å². The number of hydrogen-bond acceptors (Lipinski definition) is 4. The van der Waals surface area contributed by atoms with E-state index < -0.39 is 10.0 Å². The van der Waals surface area contributed by atoms with E-state index >= 15 is 0 Å². The fraction of sp³-hybridized carbons (Fsp3) is 0.611. The molecule has 5 nitrogen and oxygen atoms in total. The molecule has 0 radical (unpaired) electrons. The maximum atomic E-state index is 12.7. The SMILES string of the molecule is C[C@@H]1CN(C(=O)C2CC2)c2cc(S(=O)(=O)NC3CCCC3)ccc2S1. The summed E-state index contributed by atoms with van der Waals surface area (Å²) >= 11 is 1.71. The van der Waals surface area contributed by atoms with Gasteiger partial charge in [-0.25, -0.2) is 13.1 Å². The largest absolute Gasteiger partial charge is 0.310 e. The predicted octanol–water partition coefficient (Wildman–Crippen LogP) is 3.14. The summed E-state index contributed by atoms with van der Waals surface area (Å²) < 4.78 is 28.3. The lowest BCUT2D eigenvalue weighted by Gasteiger charge is -2.33. The first kappa shape index (κ1) is 17.4. The fourth-order valence-electron chi connectivity index (χ4n) is 3.67. The molecule has 1 atom stereocenters. The average Bonchev–Trinajstić information content (AvgIpc) is 3.31. The van der Waals surface area contributed by atoms with Crippen molar-refractivity contribution in [3.63, 3.8) is 0 Å². The third-order valence-electron chi connectivity index (χ3n) is 5.17. The Balaban J connectivity index is 1.65. The Labute approximate surface area is 153 Å². The summed E-state index contributed by atoms with van der Waals surface area (Å²) in [5, 5.41) is 0.314. The predicted molar refractivity (Wildman–Crippen MR) is 99.4 cm³/mol. The van der Waals surface area contributed by atoms with E-state index in [1.165, 1.54) is 0 Å². The van der Waals surface area contributed by atoms with Crippen LogP contribution in [0.15, 0.2) is 28.0 Å². The van der Waals surface area contributed by atoms with Crippen molar-refractivity contribution in [1.82, 2.24) is 4.72 Å². The smallest absolute Gasteiger partial charge is 0.240 e. The van der Waals surface area contributed by atoms with E-state index in [1.54, 1.807) is 23.9 Å². The molecule has 1 heterocycles. The number of amides is 1. The molecule has 0 saturated heterocycles. The van der Waals surface area contributed by atoms with Crippen molar-refractivity contribution in [3.8, 4) is 0 Å². The Morgan fingerprint density at radius 3 is 2.60 bits per heavy atom. The van der Waals surface area contributed by atoms with Crippen molar-refractivity contribution >= 4 is 33.4 Å². The fourth-order valence-corrected chi connectivity index (χ4v) is 6.09. The van der Waals surface area contributed by atoms with Gasteiger partial charge in [0.2, 0.25) is 15.9 Å². The number of benzene rings is 1.